The molecule has 1 N–H and O–H groups in total. The molecule has 0 amide bonds. The van der Waals surface area contributed by atoms with Crippen molar-refractivity contribution in [3.05, 3.63) is 41.4 Å². The van der Waals surface area contributed by atoms with Gasteiger partial charge in [-0.05, 0) is 19.1 Å². The first-order chi connectivity index (χ1) is 6.34. The van der Waals surface area contributed by atoms with E-state index in [1.54, 1.807) is 11.3 Å². The fourth-order valence-corrected chi connectivity index (χ4v) is 1.74. The summed E-state index contributed by atoms with van der Waals surface area (Å²) < 4.78 is 0. The lowest BCUT2D eigenvalue weighted by atomic mass is 10.3. The lowest BCUT2D eigenvalue weighted by molar-refractivity contribution is 1.37. The summed E-state index contributed by atoms with van der Waals surface area (Å²) in [6, 6.07) is 10.1. The Balaban J connectivity index is 2.15. The highest BCUT2D eigenvalue weighted by atomic mass is 32.1. The van der Waals surface area contributed by atoms with Crippen LogP contribution in [0.15, 0.2) is 36.5 Å². The van der Waals surface area contributed by atoms with Crippen molar-refractivity contribution in [3.8, 4) is 0 Å². The van der Waals surface area contributed by atoms with Crippen LogP contribution < -0.4 is 5.32 Å². The molecule has 0 unspecified atom stereocenters. The molecule has 0 aliphatic carbocycles. The Bertz CT molecular complexity index is 381. The number of hydrogen-bond acceptors (Lipinski definition) is 3. The molecule has 1 heterocycles. The van der Waals surface area contributed by atoms with Crippen molar-refractivity contribution in [1.82, 2.24) is 4.98 Å². The Morgan fingerprint density at radius 1 is 1.23 bits per heavy atom. The van der Waals surface area contributed by atoms with Crippen LogP contribution in [-0.4, -0.2) is 4.98 Å². The van der Waals surface area contributed by atoms with Crippen LogP contribution in [0.5, 0.6) is 0 Å². The Labute approximate surface area is 81.3 Å². The van der Waals surface area contributed by atoms with Crippen molar-refractivity contribution in [3.63, 3.8) is 0 Å². The van der Waals surface area contributed by atoms with E-state index in [1.807, 2.05) is 43.5 Å². The molecule has 0 saturated heterocycles. The Morgan fingerprint density at radius 3 is 2.62 bits per heavy atom. The van der Waals surface area contributed by atoms with E-state index in [4.69, 9.17) is 0 Å². The zero-order valence-electron chi connectivity index (χ0n) is 7.32. The summed E-state index contributed by atoms with van der Waals surface area (Å²) in [7, 11) is 0. The molecular formula is C10H10N2S. The summed E-state index contributed by atoms with van der Waals surface area (Å²) in [4.78, 5) is 5.44. The second kappa shape index (κ2) is 3.58. The van der Waals surface area contributed by atoms with Crippen molar-refractivity contribution >= 4 is 22.2 Å². The maximum Gasteiger partial charge on any atom is 0.187 e. The van der Waals surface area contributed by atoms with Gasteiger partial charge in [-0.15, -0.1) is 11.3 Å². The number of aromatic nitrogens is 1. The quantitative estimate of drug-likeness (QED) is 0.786. The molecule has 3 heteroatoms. The summed E-state index contributed by atoms with van der Waals surface area (Å²) in [6.07, 6.45) is 1.87. The Hall–Kier alpha value is -1.35. The number of hydrogen-bond donors (Lipinski definition) is 1. The molecule has 0 atom stereocenters. The topological polar surface area (TPSA) is 24.9 Å². The molecule has 0 spiro atoms. The zero-order valence-corrected chi connectivity index (χ0v) is 8.14. The Morgan fingerprint density at radius 2 is 2.00 bits per heavy atom. The van der Waals surface area contributed by atoms with E-state index in [-0.39, 0.29) is 0 Å². The summed E-state index contributed by atoms with van der Waals surface area (Å²) >= 11 is 1.66. The fraction of sp³-hybridized carbons (Fsp3) is 0.100. The summed E-state index contributed by atoms with van der Waals surface area (Å²) in [5, 5.41) is 4.18. The molecule has 0 bridgehead atoms. The van der Waals surface area contributed by atoms with E-state index >= 15 is 0 Å². The van der Waals surface area contributed by atoms with Crippen molar-refractivity contribution in [1.29, 1.82) is 0 Å². The van der Waals surface area contributed by atoms with E-state index in [2.05, 4.69) is 10.3 Å². The minimum Gasteiger partial charge on any atom is -0.332 e. The van der Waals surface area contributed by atoms with Gasteiger partial charge in [0, 0.05) is 16.8 Å². The molecule has 1 aromatic heterocycles. The van der Waals surface area contributed by atoms with Crippen LogP contribution in [-0.2, 0) is 0 Å². The van der Waals surface area contributed by atoms with E-state index in [0.717, 1.165) is 10.8 Å². The maximum absolute atomic E-state index is 4.22. The molecule has 2 nitrogen and oxygen atoms in total. The predicted octanol–water partition coefficient (Wildman–Crippen LogP) is 3.20. The first-order valence-corrected chi connectivity index (χ1v) is 4.91. The van der Waals surface area contributed by atoms with Crippen LogP contribution in [0.2, 0.25) is 0 Å². The van der Waals surface area contributed by atoms with Gasteiger partial charge in [-0.1, -0.05) is 18.2 Å². The number of thiazole rings is 1. The third-order valence-electron chi connectivity index (χ3n) is 1.65. The van der Waals surface area contributed by atoms with Gasteiger partial charge in [-0.2, -0.15) is 0 Å². The van der Waals surface area contributed by atoms with Gasteiger partial charge in [-0.25, -0.2) is 4.98 Å². The van der Waals surface area contributed by atoms with Crippen molar-refractivity contribution in [2.24, 2.45) is 0 Å². The fourth-order valence-electron chi connectivity index (χ4n) is 1.06. The molecule has 1 aromatic carbocycles. The van der Waals surface area contributed by atoms with Gasteiger partial charge in [0.2, 0.25) is 0 Å². The highest BCUT2D eigenvalue weighted by molar-refractivity contribution is 7.15. The average molecular weight is 190 g/mol. The lowest BCUT2D eigenvalue weighted by Crippen LogP contribution is -1.87. The number of nitrogens with zero attached hydrogens (tertiary/aromatic N) is 1. The molecule has 2 aromatic rings. The number of aryl methyl sites for hydroxylation is 1. The minimum absolute atomic E-state index is 0.948. The second-order valence-electron chi connectivity index (χ2n) is 2.77. The number of anilines is 2. The SMILES string of the molecule is Cc1cnc(Nc2ccccc2)s1. The third kappa shape index (κ3) is 2.06. The van der Waals surface area contributed by atoms with Gasteiger partial charge in [0.15, 0.2) is 5.13 Å². The van der Waals surface area contributed by atoms with Crippen LogP contribution in [0.4, 0.5) is 10.8 Å². The summed E-state index contributed by atoms with van der Waals surface area (Å²) in [6.45, 7) is 2.05. The van der Waals surface area contributed by atoms with Crippen LogP contribution >= 0.6 is 11.3 Å². The Kier molecular flexibility index (Phi) is 2.27. The van der Waals surface area contributed by atoms with Gasteiger partial charge in [0.05, 0.1) is 0 Å². The molecular weight excluding hydrogens is 180 g/mol. The van der Waals surface area contributed by atoms with E-state index in [9.17, 15) is 0 Å². The van der Waals surface area contributed by atoms with E-state index < -0.39 is 0 Å². The third-order valence-corrected chi connectivity index (χ3v) is 2.47. The monoisotopic (exact) mass is 190 g/mol. The van der Waals surface area contributed by atoms with Gasteiger partial charge in [0.1, 0.15) is 0 Å². The van der Waals surface area contributed by atoms with Crippen molar-refractivity contribution in [2.45, 2.75) is 6.92 Å². The van der Waals surface area contributed by atoms with Gasteiger partial charge in [0.25, 0.3) is 0 Å². The highest BCUT2D eigenvalue weighted by Crippen LogP contribution is 2.21. The smallest absolute Gasteiger partial charge is 0.187 e. The maximum atomic E-state index is 4.22. The van der Waals surface area contributed by atoms with E-state index in [0.29, 0.717) is 0 Å². The van der Waals surface area contributed by atoms with Gasteiger partial charge >= 0.3 is 0 Å². The molecule has 66 valence electrons. The number of nitrogens with one attached hydrogen (secondary N) is 1. The molecule has 0 aliphatic rings. The first-order valence-electron chi connectivity index (χ1n) is 4.09. The van der Waals surface area contributed by atoms with Crippen LogP contribution in [0.3, 0.4) is 0 Å². The van der Waals surface area contributed by atoms with Crippen molar-refractivity contribution < 1.29 is 0 Å². The molecule has 0 saturated carbocycles. The van der Waals surface area contributed by atoms with Crippen LogP contribution in [0, 0.1) is 6.92 Å². The second-order valence-corrected chi connectivity index (χ2v) is 4.00. The summed E-state index contributed by atoms with van der Waals surface area (Å²) in [5.74, 6) is 0. The normalized spacial score (nSPS) is 9.92. The number of para-hydroxylation sites is 1. The van der Waals surface area contributed by atoms with Crippen LogP contribution in [0.25, 0.3) is 0 Å². The minimum atomic E-state index is 0.948. The predicted molar refractivity (Wildman–Crippen MR) is 56.6 cm³/mol. The van der Waals surface area contributed by atoms with Crippen molar-refractivity contribution in [2.75, 3.05) is 5.32 Å². The largest absolute Gasteiger partial charge is 0.332 e. The van der Waals surface area contributed by atoms with Gasteiger partial charge in [-0.3, -0.25) is 0 Å². The molecule has 2 rings (SSSR count). The first kappa shape index (κ1) is 8.26. The number of rotatable bonds is 2. The highest BCUT2D eigenvalue weighted by Gasteiger charge is 1.97. The van der Waals surface area contributed by atoms with Gasteiger partial charge < -0.3 is 5.32 Å². The molecule has 13 heavy (non-hydrogen) atoms. The molecule has 0 aliphatic heterocycles. The lowest BCUT2D eigenvalue weighted by Gasteiger charge is -1.99. The molecule has 0 radical (unpaired) electrons. The number of benzene rings is 1. The zero-order chi connectivity index (χ0) is 9.10. The average Bonchev–Trinajstić information content (AvgIpc) is 2.53. The molecule has 0 fully saturated rings. The summed E-state index contributed by atoms with van der Waals surface area (Å²) in [5.41, 5.74) is 1.08. The van der Waals surface area contributed by atoms with Crippen LogP contribution in [0.1, 0.15) is 4.88 Å². The standard InChI is InChI=1S/C10H10N2S/c1-8-7-11-10(13-8)12-9-5-3-2-4-6-9/h2-7H,1H3,(H,11,12). The van der Waals surface area contributed by atoms with E-state index in [1.165, 1.54) is 4.88 Å².